The number of hydrogen-bond acceptors (Lipinski definition) is 5. The first-order chi connectivity index (χ1) is 10.1. The van der Waals surface area contributed by atoms with Crippen molar-refractivity contribution in [2.24, 2.45) is 0 Å². The van der Waals surface area contributed by atoms with E-state index in [1.54, 1.807) is 18.2 Å². The minimum atomic E-state index is -0.478. The number of nitrogens with zero attached hydrogens (tertiary/aromatic N) is 3. The number of nitrogens with one attached hydrogen (secondary N) is 1. The fourth-order valence-electron chi connectivity index (χ4n) is 1.93. The molecular weight excluding hydrogens is 275 g/mol. The molecule has 3 aromatic rings. The number of benzene rings is 2. The Morgan fingerprint density at radius 1 is 1.10 bits per heavy atom. The fourth-order valence-corrected chi connectivity index (χ4v) is 1.93. The van der Waals surface area contributed by atoms with E-state index in [1.165, 1.54) is 30.6 Å². The van der Waals surface area contributed by atoms with Crippen molar-refractivity contribution in [3.63, 3.8) is 0 Å². The number of fused-ring (bicyclic) bond motifs is 1. The molecule has 0 unspecified atom stereocenters. The average Bonchev–Trinajstić information content (AvgIpc) is 2.49. The molecule has 0 atom stereocenters. The Labute approximate surface area is 118 Å². The third-order valence-corrected chi connectivity index (χ3v) is 2.94. The average molecular weight is 284 g/mol. The Bertz CT molecular complexity index is 821. The summed E-state index contributed by atoms with van der Waals surface area (Å²) < 4.78 is 12.9. The molecule has 7 heteroatoms. The van der Waals surface area contributed by atoms with E-state index in [0.29, 0.717) is 22.4 Å². The molecule has 104 valence electrons. The summed E-state index contributed by atoms with van der Waals surface area (Å²) in [6.45, 7) is 0. The van der Waals surface area contributed by atoms with Gasteiger partial charge in [-0.3, -0.25) is 10.1 Å². The molecule has 0 fully saturated rings. The van der Waals surface area contributed by atoms with Crippen LogP contribution in [0, 0.1) is 15.9 Å². The molecule has 1 heterocycles. The number of halogens is 1. The molecule has 2 aromatic carbocycles. The number of aromatic nitrogens is 2. The summed E-state index contributed by atoms with van der Waals surface area (Å²) in [5.74, 6) is 0.172. The molecule has 0 bridgehead atoms. The molecule has 0 saturated carbocycles. The van der Waals surface area contributed by atoms with Crippen molar-refractivity contribution in [1.29, 1.82) is 0 Å². The zero-order valence-corrected chi connectivity index (χ0v) is 10.7. The molecule has 0 radical (unpaired) electrons. The van der Waals surface area contributed by atoms with Crippen LogP contribution in [0.5, 0.6) is 0 Å². The minimum Gasteiger partial charge on any atom is -0.340 e. The van der Waals surface area contributed by atoms with Gasteiger partial charge in [0.15, 0.2) is 0 Å². The Morgan fingerprint density at radius 3 is 2.57 bits per heavy atom. The first-order valence-corrected chi connectivity index (χ1v) is 6.05. The van der Waals surface area contributed by atoms with E-state index in [9.17, 15) is 14.5 Å². The fraction of sp³-hybridized carbons (Fsp3) is 0. The highest BCUT2D eigenvalue weighted by atomic mass is 19.1. The van der Waals surface area contributed by atoms with Gasteiger partial charge in [0.1, 0.15) is 18.0 Å². The molecular formula is C14H9FN4O2. The first kappa shape index (κ1) is 12.9. The lowest BCUT2D eigenvalue weighted by Crippen LogP contribution is -1.97. The van der Waals surface area contributed by atoms with Gasteiger partial charge in [-0.05, 0) is 30.3 Å². The molecule has 0 aliphatic carbocycles. The topological polar surface area (TPSA) is 81.0 Å². The van der Waals surface area contributed by atoms with Crippen molar-refractivity contribution in [2.45, 2.75) is 0 Å². The summed E-state index contributed by atoms with van der Waals surface area (Å²) >= 11 is 0. The largest absolute Gasteiger partial charge is 0.340 e. The Kier molecular flexibility index (Phi) is 3.15. The highest BCUT2D eigenvalue weighted by molar-refractivity contribution is 5.91. The second-order valence-corrected chi connectivity index (χ2v) is 4.31. The second-order valence-electron chi connectivity index (χ2n) is 4.31. The monoisotopic (exact) mass is 284 g/mol. The van der Waals surface area contributed by atoms with Crippen LogP contribution in [0.15, 0.2) is 48.8 Å². The van der Waals surface area contributed by atoms with Crippen LogP contribution in [0.4, 0.5) is 21.6 Å². The van der Waals surface area contributed by atoms with Crippen LogP contribution in [0.2, 0.25) is 0 Å². The quantitative estimate of drug-likeness (QED) is 0.588. The maximum atomic E-state index is 12.9. The van der Waals surface area contributed by atoms with Gasteiger partial charge in [-0.15, -0.1) is 0 Å². The maximum absolute atomic E-state index is 12.9. The van der Waals surface area contributed by atoms with Gasteiger partial charge in [0.25, 0.3) is 5.69 Å². The minimum absolute atomic E-state index is 0.0334. The predicted octanol–water partition coefficient (Wildman–Crippen LogP) is 3.42. The Balaban J connectivity index is 2.02. The van der Waals surface area contributed by atoms with Crippen LogP contribution in [-0.4, -0.2) is 14.9 Å². The van der Waals surface area contributed by atoms with Gasteiger partial charge in [0, 0.05) is 23.2 Å². The van der Waals surface area contributed by atoms with E-state index >= 15 is 0 Å². The molecule has 21 heavy (non-hydrogen) atoms. The van der Waals surface area contributed by atoms with E-state index < -0.39 is 4.92 Å². The molecule has 0 amide bonds. The lowest BCUT2D eigenvalue weighted by Gasteiger charge is -2.08. The molecule has 0 aliphatic heterocycles. The van der Waals surface area contributed by atoms with E-state index in [2.05, 4.69) is 15.3 Å². The van der Waals surface area contributed by atoms with E-state index in [4.69, 9.17) is 0 Å². The van der Waals surface area contributed by atoms with Crippen molar-refractivity contribution in [3.05, 3.63) is 64.7 Å². The molecule has 1 aromatic heterocycles. The van der Waals surface area contributed by atoms with Gasteiger partial charge in [0.2, 0.25) is 0 Å². The summed E-state index contributed by atoms with van der Waals surface area (Å²) in [5.41, 5.74) is 1.09. The summed E-state index contributed by atoms with van der Waals surface area (Å²) in [6.07, 6.45) is 1.32. The molecule has 0 aliphatic rings. The third-order valence-electron chi connectivity index (χ3n) is 2.94. The van der Waals surface area contributed by atoms with Crippen molar-refractivity contribution in [1.82, 2.24) is 9.97 Å². The van der Waals surface area contributed by atoms with Crippen LogP contribution >= 0.6 is 0 Å². The Morgan fingerprint density at radius 2 is 1.86 bits per heavy atom. The second kappa shape index (κ2) is 5.12. The molecule has 3 rings (SSSR count). The smallest absolute Gasteiger partial charge is 0.271 e. The number of anilines is 2. The van der Waals surface area contributed by atoms with Crippen molar-refractivity contribution < 1.29 is 9.31 Å². The lowest BCUT2D eigenvalue weighted by atomic mass is 10.2. The van der Waals surface area contributed by atoms with Gasteiger partial charge >= 0.3 is 0 Å². The SMILES string of the molecule is O=[N+]([O-])c1ccc2c(Nc3ccc(F)cc3)ncnc2c1. The molecule has 0 spiro atoms. The van der Waals surface area contributed by atoms with Crippen LogP contribution in [-0.2, 0) is 0 Å². The highest BCUT2D eigenvalue weighted by Crippen LogP contribution is 2.26. The lowest BCUT2D eigenvalue weighted by molar-refractivity contribution is -0.384. The van der Waals surface area contributed by atoms with Gasteiger partial charge in [-0.1, -0.05) is 0 Å². The first-order valence-electron chi connectivity index (χ1n) is 6.05. The van der Waals surface area contributed by atoms with Crippen molar-refractivity contribution >= 4 is 28.1 Å². The highest BCUT2D eigenvalue weighted by Gasteiger charge is 2.10. The zero-order valence-electron chi connectivity index (χ0n) is 10.7. The normalized spacial score (nSPS) is 10.5. The van der Waals surface area contributed by atoms with E-state index in [-0.39, 0.29) is 11.5 Å². The summed E-state index contributed by atoms with van der Waals surface area (Å²) in [4.78, 5) is 18.4. The number of nitro benzene ring substituents is 1. The number of nitro groups is 1. The summed E-state index contributed by atoms with van der Waals surface area (Å²) in [5, 5.41) is 14.4. The standard InChI is InChI=1S/C14H9FN4O2/c15-9-1-3-10(4-2-9)18-14-12-6-5-11(19(20)21)7-13(12)16-8-17-14/h1-8H,(H,16,17,18). The van der Waals surface area contributed by atoms with Crippen LogP contribution in [0.3, 0.4) is 0 Å². The van der Waals surface area contributed by atoms with Gasteiger partial charge in [0.05, 0.1) is 10.4 Å². The predicted molar refractivity (Wildman–Crippen MR) is 75.9 cm³/mol. The third kappa shape index (κ3) is 2.62. The Hall–Kier alpha value is -3.09. The summed E-state index contributed by atoms with van der Waals surface area (Å²) in [7, 11) is 0. The van der Waals surface area contributed by atoms with Crippen LogP contribution in [0.25, 0.3) is 10.9 Å². The van der Waals surface area contributed by atoms with Crippen molar-refractivity contribution in [2.75, 3.05) is 5.32 Å². The van der Waals surface area contributed by atoms with Gasteiger partial charge in [-0.2, -0.15) is 0 Å². The van der Waals surface area contributed by atoms with E-state index in [1.807, 2.05) is 0 Å². The van der Waals surface area contributed by atoms with Gasteiger partial charge < -0.3 is 5.32 Å². The van der Waals surface area contributed by atoms with E-state index in [0.717, 1.165) is 0 Å². The number of non-ortho nitro benzene ring substituents is 1. The maximum Gasteiger partial charge on any atom is 0.271 e. The van der Waals surface area contributed by atoms with Crippen LogP contribution < -0.4 is 5.32 Å². The number of rotatable bonds is 3. The molecule has 6 nitrogen and oxygen atoms in total. The molecule has 0 saturated heterocycles. The summed E-state index contributed by atoms with van der Waals surface area (Å²) in [6, 6.07) is 10.2. The van der Waals surface area contributed by atoms with Crippen LogP contribution in [0.1, 0.15) is 0 Å². The van der Waals surface area contributed by atoms with Gasteiger partial charge in [-0.25, -0.2) is 14.4 Å². The van der Waals surface area contributed by atoms with Crippen molar-refractivity contribution in [3.8, 4) is 0 Å². The zero-order chi connectivity index (χ0) is 14.8. The number of hydrogen-bond donors (Lipinski definition) is 1. The molecule has 1 N–H and O–H groups in total.